The first-order valence-corrected chi connectivity index (χ1v) is 10.9. The highest BCUT2D eigenvalue weighted by molar-refractivity contribution is 7.99. The number of hydrogen-bond donors (Lipinski definition) is 4. The summed E-state index contributed by atoms with van der Waals surface area (Å²) in [6.07, 6.45) is 0.0703. The highest BCUT2D eigenvalue weighted by atomic mass is 32.2. The molecule has 0 aromatic heterocycles. The van der Waals surface area contributed by atoms with E-state index in [0.29, 0.717) is 17.4 Å². The number of rotatable bonds is 8. The van der Waals surface area contributed by atoms with Gasteiger partial charge in [0.25, 0.3) is 11.8 Å². The van der Waals surface area contributed by atoms with Gasteiger partial charge < -0.3 is 10.8 Å². The van der Waals surface area contributed by atoms with Crippen LogP contribution >= 0.6 is 11.8 Å². The molecule has 0 saturated carbocycles. The van der Waals surface area contributed by atoms with Gasteiger partial charge in [-0.2, -0.15) is 11.8 Å². The van der Waals surface area contributed by atoms with Crippen LogP contribution in [0.5, 0.6) is 0 Å². The third kappa shape index (κ3) is 7.32. The number of aliphatic hydroxyl groups is 1. The first-order chi connectivity index (χ1) is 12.0. The Balaban J connectivity index is 2.51. The molecule has 2 amide bonds. The summed E-state index contributed by atoms with van der Waals surface area (Å²) in [4.78, 5) is 23.9. The Morgan fingerprint density at radius 3 is 2.27 bits per heavy atom. The predicted octanol–water partition coefficient (Wildman–Crippen LogP) is 0.0710. The Bertz CT molecular complexity index is 720. The number of amides is 2. The van der Waals surface area contributed by atoms with Crippen molar-refractivity contribution in [1.82, 2.24) is 10.9 Å². The second kappa shape index (κ2) is 9.91. The van der Waals surface area contributed by atoms with Crippen LogP contribution in [0, 0.1) is 0 Å². The molecule has 0 bridgehead atoms. The normalized spacial score (nSPS) is 13.9. The van der Waals surface area contributed by atoms with E-state index in [-0.39, 0.29) is 10.5 Å². The van der Waals surface area contributed by atoms with Crippen molar-refractivity contribution in [3.8, 4) is 0 Å². The molecule has 0 aliphatic heterocycles. The fourth-order valence-corrected chi connectivity index (χ4v) is 3.42. The number of hydrazine groups is 1. The highest BCUT2D eigenvalue weighted by Crippen LogP contribution is 2.12. The molecule has 1 aromatic carbocycles. The van der Waals surface area contributed by atoms with Crippen molar-refractivity contribution in [3.05, 3.63) is 29.8 Å². The van der Waals surface area contributed by atoms with Crippen molar-refractivity contribution < 1.29 is 23.1 Å². The van der Waals surface area contributed by atoms with Gasteiger partial charge in [0.15, 0.2) is 9.84 Å². The second-order valence-electron chi connectivity index (χ2n) is 6.06. The van der Waals surface area contributed by atoms with E-state index in [1.807, 2.05) is 13.8 Å². The van der Waals surface area contributed by atoms with Crippen LogP contribution in [0.2, 0.25) is 0 Å². The number of nitrogens with one attached hydrogen (secondary N) is 2. The van der Waals surface area contributed by atoms with Crippen molar-refractivity contribution in [2.45, 2.75) is 42.6 Å². The fourth-order valence-electron chi connectivity index (χ4n) is 1.91. The van der Waals surface area contributed by atoms with Crippen molar-refractivity contribution in [3.63, 3.8) is 0 Å². The van der Waals surface area contributed by atoms with Crippen molar-refractivity contribution >= 4 is 33.4 Å². The lowest BCUT2D eigenvalue weighted by molar-refractivity contribution is -0.131. The predicted molar refractivity (Wildman–Crippen MR) is 101 cm³/mol. The first-order valence-electron chi connectivity index (χ1n) is 7.98. The quantitative estimate of drug-likeness (QED) is 0.451. The second-order valence-corrected chi connectivity index (χ2v) is 9.76. The van der Waals surface area contributed by atoms with E-state index in [9.17, 15) is 23.1 Å². The van der Waals surface area contributed by atoms with Crippen LogP contribution < -0.4 is 16.6 Å². The lowest BCUT2D eigenvalue weighted by atomic mass is 10.1. The van der Waals surface area contributed by atoms with Gasteiger partial charge in [0, 0.05) is 17.9 Å². The van der Waals surface area contributed by atoms with Gasteiger partial charge in [0.2, 0.25) is 0 Å². The van der Waals surface area contributed by atoms with Crippen LogP contribution in [0.15, 0.2) is 29.2 Å². The summed E-state index contributed by atoms with van der Waals surface area (Å²) in [5, 5.41) is 10.3. The average Bonchev–Trinajstić information content (AvgIpc) is 2.57. The Kier molecular flexibility index (Phi) is 8.54. The number of benzene rings is 1. The van der Waals surface area contributed by atoms with Crippen LogP contribution in [0.1, 0.15) is 30.6 Å². The minimum atomic E-state index is -3.36. The molecular weight excluding hydrogens is 378 g/mol. The van der Waals surface area contributed by atoms with Gasteiger partial charge in [-0.25, -0.2) is 8.42 Å². The molecule has 0 fully saturated rings. The maximum absolute atomic E-state index is 12.0. The summed E-state index contributed by atoms with van der Waals surface area (Å²) in [6, 6.07) is 4.49. The molecule has 0 radical (unpaired) electrons. The number of hydrogen-bond acceptors (Lipinski definition) is 7. The molecule has 1 aromatic rings. The standard InChI is InChI=1S/C16H25N3O5S2/c1-10(2)25-9-8-13(17)14(20)16(22)19-18-15(21)11-4-6-12(7-5-11)26(3,23)24/h4-7,10,13-14,20H,8-9,17H2,1-3H3,(H,18,21)(H,19,22)/t13-,14?/m1/s1. The van der Waals surface area contributed by atoms with Crippen molar-refractivity contribution in [2.75, 3.05) is 12.0 Å². The molecule has 0 heterocycles. The molecule has 1 unspecified atom stereocenters. The topological polar surface area (TPSA) is 139 Å². The van der Waals surface area contributed by atoms with E-state index < -0.39 is 33.8 Å². The Morgan fingerprint density at radius 2 is 1.77 bits per heavy atom. The third-order valence-electron chi connectivity index (χ3n) is 3.42. The zero-order valence-electron chi connectivity index (χ0n) is 14.9. The molecule has 0 saturated heterocycles. The molecule has 8 nitrogen and oxygen atoms in total. The maximum Gasteiger partial charge on any atom is 0.269 e. The smallest absolute Gasteiger partial charge is 0.269 e. The van der Waals surface area contributed by atoms with E-state index in [0.717, 1.165) is 6.26 Å². The molecule has 0 aliphatic rings. The lowest BCUT2D eigenvalue weighted by Crippen LogP contribution is -2.52. The SMILES string of the molecule is CC(C)SCC[C@@H](N)C(O)C(=O)NNC(=O)c1ccc(S(C)(=O)=O)cc1. The van der Waals surface area contributed by atoms with E-state index in [4.69, 9.17) is 5.73 Å². The zero-order chi connectivity index (χ0) is 19.9. The average molecular weight is 404 g/mol. The van der Waals surface area contributed by atoms with E-state index >= 15 is 0 Å². The molecule has 146 valence electrons. The minimum absolute atomic E-state index is 0.0822. The summed E-state index contributed by atoms with van der Waals surface area (Å²) < 4.78 is 22.8. The molecule has 10 heteroatoms. The molecular formula is C16H25N3O5S2. The van der Waals surface area contributed by atoms with Crippen LogP contribution in [-0.4, -0.2) is 54.7 Å². The zero-order valence-corrected chi connectivity index (χ0v) is 16.6. The number of nitrogens with two attached hydrogens (primary N) is 1. The lowest BCUT2D eigenvalue weighted by Gasteiger charge is -2.18. The summed E-state index contributed by atoms with van der Waals surface area (Å²) >= 11 is 1.67. The molecule has 1 rings (SSSR count). The Labute approximate surface area is 157 Å². The van der Waals surface area contributed by atoms with Gasteiger partial charge in [-0.15, -0.1) is 0 Å². The monoisotopic (exact) mass is 403 g/mol. The summed E-state index contributed by atoms with van der Waals surface area (Å²) in [5.74, 6) is -0.745. The molecule has 0 spiro atoms. The van der Waals surface area contributed by atoms with Crippen molar-refractivity contribution in [2.24, 2.45) is 5.73 Å². The molecule has 26 heavy (non-hydrogen) atoms. The largest absolute Gasteiger partial charge is 0.382 e. The number of thioether (sulfide) groups is 1. The van der Waals surface area contributed by atoms with E-state index in [2.05, 4.69) is 10.9 Å². The fraction of sp³-hybridized carbons (Fsp3) is 0.500. The van der Waals surface area contributed by atoms with Crippen molar-refractivity contribution in [1.29, 1.82) is 0 Å². The van der Waals surface area contributed by atoms with Gasteiger partial charge >= 0.3 is 0 Å². The van der Waals surface area contributed by atoms with Crippen LogP contribution in [-0.2, 0) is 14.6 Å². The van der Waals surface area contributed by atoms with Crippen LogP contribution in [0.3, 0.4) is 0 Å². The van der Waals surface area contributed by atoms with Gasteiger partial charge in [-0.05, 0) is 41.7 Å². The minimum Gasteiger partial charge on any atom is -0.382 e. The van der Waals surface area contributed by atoms with Crippen LogP contribution in [0.25, 0.3) is 0 Å². The van der Waals surface area contributed by atoms with Gasteiger partial charge in [0.1, 0.15) is 6.10 Å². The van der Waals surface area contributed by atoms with Crippen LogP contribution in [0.4, 0.5) is 0 Å². The first kappa shape index (κ1) is 22.4. The van der Waals surface area contributed by atoms with E-state index in [1.165, 1.54) is 24.3 Å². The number of carbonyl (C=O) groups excluding carboxylic acids is 2. The summed E-state index contributed by atoms with van der Waals surface area (Å²) in [7, 11) is -3.36. The Morgan fingerprint density at radius 1 is 1.19 bits per heavy atom. The summed E-state index contributed by atoms with van der Waals surface area (Å²) in [6.45, 7) is 4.08. The molecule has 2 atom stereocenters. The number of aliphatic hydroxyl groups excluding tert-OH is 1. The maximum atomic E-state index is 12.0. The van der Waals surface area contributed by atoms with Gasteiger partial charge in [-0.3, -0.25) is 20.4 Å². The Hall–Kier alpha value is -1.62. The molecule has 0 aliphatic carbocycles. The third-order valence-corrected chi connectivity index (χ3v) is 5.69. The number of carbonyl (C=O) groups is 2. The van der Waals surface area contributed by atoms with E-state index in [1.54, 1.807) is 11.8 Å². The van der Waals surface area contributed by atoms with Gasteiger partial charge in [0.05, 0.1) is 4.90 Å². The highest BCUT2D eigenvalue weighted by Gasteiger charge is 2.23. The molecule has 5 N–H and O–H groups in total. The van der Waals surface area contributed by atoms with Gasteiger partial charge in [-0.1, -0.05) is 13.8 Å². The summed E-state index contributed by atoms with van der Waals surface area (Å²) in [5.41, 5.74) is 10.2. The number of sulfone groups is 1.